The van der Waals surface area contributed by atoms with Crippen LogP contribution in [0.5, 0.6) is 0 Å². The Kier molecular flexibility index (Phi) is 6.05. The molecule has 6 heteroatoms. The monoisotopic (exact) mass is 373 g/mol. The van der Waals surface area contributed by atoms with E-state index in [1.807, 2.05) is 17.0 Å². The molecule has 1 amide bonds. The molecule has 1 aromatic rings. The van der Waals surface area contributed by atoms with Crippen molar-refractivity contribution < 1.29 is 4.79 Å². The van der Waals surface area contributed by atoms with Gasteiger partial charge in [0.15, 0.2) is 0 Å². The van der Waals surface area contributed by atoms with Crippen LogP contribution in [0.3, 0.4) is 0 Å². The number of hydrogen-bond acceptors (Lipinski definition) is 3. The summed E-state index contributed by atoms with van der Waals surface area (Å²) in [6, 6.07) is 5.37. The van der Waals surface area contributed by atoms with Crippen molar-refractivity contribution in [3.8, 4) is 0 Å². The average molecular weight is 375 g/mol. The summed E-state index contributed by atoms with van der Waals surface area (Å²) in [6.45, 7) is 5.53. The standard InChI is InChI=1S/C15H21BrClN3O/c1-18(2)5-6-19-7-9-20(10-8-19)15(21)12-3-4-13(16)14(17)11-12/h3-4,11H,5-10H2,1-2H3. The van der Waals surface area contributed by atoms with Gasteiger partial charge >= 0.3 is 0 Å². The largest absolute Gasteiger partial charge is 0.336 e. The SMILES string of the molecule is CN(C)CCN1CCN(C(=O)c2ccc(Br)c(Cl)c2)CC1. The van der Waals surface area contributed by atoms with Gasteiger partial charge in [-0.15, -0.1) is 0 Å². The van der Waals surface area contributed by atoms with Crippen LogP contribution in [0.2, 0.25) is 5.02 Å². The van der Waals surface area contributed by atoms with Crippen LogP contribution in [0.4, 0.5) is 0 Å². The summed E-state index contributed by atoms with van der Waals surface area (Å²) in [7, 11) is 4.16. The maximum atomic E-state index is 12.5. The molecule has 1 aromatic carbocycles. The minimum absolute atomic E-state index is 0.0664. The summed E-state index contributed by atoms with van der Waals surface area (Å²) in [5.74, 6) is 0.0664. The van der Waals surface area contributed by atoms with Gasteiger partial charge in [-0.2, -0.15) is 0 Å². The van der Waals surface area contributed by atoms with E-state index < -0.39 is 0 Å². The van der Waals surface area contributed by atoms with Crippen molar-refractivity contribution in [2.24, 2.45) is 0 Å². The van der Waals surface area contributed by atoms with E-state index in [9.17, 15) is 4.79 Å². The predicted octanol–water partition coefficient (Wildman–Crippen LogP) is 2.42. The Bertz CT molecular complexity index is 502. The first kappa shape index (κ1) is 16.7. The minimum Gasteiger partial charge on any atom is -0.336 e. The quantitative estimate of drug-likeness (QED) is 0.810. The number of amides is 1. The van der Waals surface area contributed by atoms with Crippen molar-refractivity contribution in [2.45, 2.75) is 0 Å². The first-order chi connectivity index (χ1) is 9.97. The molecule has 2 rings (SSSR count). The van der Waals surface area contributed by atoms with Crippen molar-refractivity contribution in [2.75, 3.05) is 53.4 Å². The van der Waals surface area contributed by atoms with Crippen molar-refractivity contribution in [3.63, 3.8) is 0 Å². The number of benzene rings is 1. The van der Waals surface area contributed by atoms with E-state index >= 15 is 0 Å². The van der Waals surface area contributed by atoms with Gasteiger partial charge in [0.25, 0.3) is 5.91 Å². The molecule has 1 saturated heterocycles. The smallest absolute Gasteiger partial charge is 0.253 e. The van der Waals surface area contributed by atoms with Crippen LogP contribution in [0, 0.1) is 0 Å². The van der Waals surface area contributed by atoms with Gasteiger partial charge in [-0.05, 0) is 48.2 Å². The van der Waals surface area contributed by atoms with E-state index in [0.29, 0.717) is 10.6 Å². The third-order valence-electron chi connectivity index (χ3n) is 3.69. The van der Waals surface area contributed by atoms with Crippen molar-refractivity contribution in [1.82, 2.24) is 14.7 Å². The van der Waals surface area contributed by atoms with Crippen LogP contribution in [0.1, 0.15) is 10.4 Å². The maximum Gasteiger partial charge on any atom is 0.253 e. The molecule has 0 spiro atoms. The zero-order chi connectivity index (χ0) is 15.4. The van der Waals surface area contributed by atoms with Gasteiger partial charge < -0.3 is 9.80 Å². The van der Waals surface area contributed by atoms with Gasteiger partial charge in [-0.3, -0.25) is 9.69 Å². The topological polar surface area (TPSA) is 26.8 Å². The Morgan fingerprint density at radius 2 is 1.95 bits per heavy atom. The Hall–Kier alpha value is -0.620. The first-order valence-electron chi connectivity index (χ1n) is 7.09. The van der Waals surface area contributed by atoms with Gasteiger partial charge in [0.05, 0.1) is 5.02 Å². The van der Waals surface area contributed by atoms with Gasteiger partial charge in [0.2, 0.25) is 0 Å². The molecule has 1 aliphatic heterocycles. The molecule has 116 valence electrons. The Balaban J connectivity index is 1.89. The van der Waals surface area contributed by atoms with Gasteiger partial charge in [0, 0.05) is 49.3 Å². The molecule has 0 aromatic heterocycles. The summed E-state index contributed by atoms with van der Waals surface area (Å²) >= 11 is 9.40. The second-order valence-electron chi connectivity index (χ2n) is 5.57. The van der Waals surface area contributed by atoms with Gasteiger partial charge in [0.1, 0.15) is 0 Å². The highest BCUT2D eigenvalue weighted by molar-refractivity contribution is 9.10. The van der Waals surface area contributed by atoms with Crippen molar-refractivity contribution in [3.05, 3.63) is 33.3 Å². The molecular weight excluding hydrogens is 354 g/mol. The molecule has 4 nitrogen and oxygen atoms in total. The summed E-state index contributed by atoms with van der Waals surface area (Å²) < 4.78 is 0.814. The number of rotatable bonds is 4. The fourth-order valence-corrected chi connectivity index (χ4v) is 2.75. The molecule has 0 atom stereocenters. The molecule has 0 N–H and O–H groups in total. The number of halogens is 2. The van der Waals surface area contributed by atoms with E-state index in [1.54, 1.807) is 6.07 Å². The summed E-state index contributed by atoms with van der Waals surface area (Å²) in [5.41, 5.74) is 0.657. The molecule has 21 heavy (non-hydrogen) atoms. The Labute approximate surface area is 139 Å². The molecular formula is C15H21BrClN3O. The molecule has 0 radical (unpaired) electrons. The van der Waals surface area contributed by atoms with E-state index in [2.05, 4.69) is 39.8 Å². The number of piperazine rings is 1. The van der Waals surface area contributed by atoms with Crippen LogP contribution >= 0.6 is 27.5 Å². The predicted molar refractivity (Wildman–Crippen MR) is 90.0 cm³/mol. The van der Waals surface area contributed by atoms with E-state index in [4.69, 9.17) is 11.6 Å². The Morgan fingerprint density at radius 3 is 2.52 bits per heavy atom. The highest BCUT2D eigenvalue weighted by atomic mass is 79.9. The van der Waals surface area contributed by atoms with Crippen LogP contribution in [-0.4, -0.2) is 74.0 Å². The highest BCUT2D eigenvalue weighted by Crippen LogP contribution is 2.24. The summed E-state index contributed by atoms with van der Waals surface area (Å²) in [6.07, 6.45) is 0. The second kappa shape index (κ2) is 7.58. The van der Waals surface area contributed by atoms with E-state index in [1.165, 1.54) is 0 Å². The van der Waals surface area contributed by atoms with Gasteiger partial charge in [-0.25, -0.2) is 0 Å². The number of carbonyl (C=O) groups excluding carboxylic acids is 1. The zero-order valence-corrected chi connectivity index (χ0v) is 14.8. The zero-order valence-electron chi connectivity index (χ0n) is 12.5. The fourth-order valence-electron chi connectivity index (χ4n) is 2.33. The van der Waals surface area contributed by atoms with Crippen LogP contribution < -0.4 is 0 Å². The lowest BCUT2D eigenvalue weighted by Crippen LogP contribution is -2.49. The van der Waals surface area contributed by atoms with Crippen LogP contribution in [0.25, 0.3) is 0 Å². The average Bonchev–Trinajstić information content (AvgIpc) is 2.48. The van der Waals surface area contributed by atoms with Crippen LogP contribution in [0.15, 0.2) is 22.7 Å². The van der Waals surface area contributed by atoms with Crippen molar-refractivity contribution in [1.29, 1.82) is 0 Å². The number of hydrogen-bond donors (Lipinski definition) is 0. The van der Waals surface area contributed by atoms with Crippen molar-refractivity contribution >= 4 is 33.4 Å². The third-order valence-corrected chi connectivity index (χ3v) is 4.92. The fraction of sp³-hybridized carbons (Fsp3) is 0.533. The number of nitrogens with zero attached hydrogens (tertiary/aromatic N) is 3. The highest BCUT2D eigenvalue weighted by Gasteiger charge is 2.22. The number of carbonyl (C=O) groups is 1. The third kappa shape index (κ3) is 4.68. The normalized spacial score (nSPS) is 16.5. The molecule has 0 aliphatic carbocycles. The molecule has 1 heterocycles. The molecule has 1 fully saturated rings. The van der Waals surface area contributed by atoms with E-state index in [0.717, 1.165) is 43.7 Å². The van der Waals surface area contributed by atoms with Gasteiger partial charge in [-0.1, -0.05) is 11.6 Å². The lowest BCUT2D eigenvalue weighted by molar-refractivity contribution is 0.0629. The maximum absolute atomic E-state index is 12.5. The second-order valence-corrected chi connectivity index (χ2v) is 6.83. The van der Waals surface area contributed by atoms with Crippen LogP contribution in [-0.2, 0) is 0 Å². The number of likely N-dealkylation sites (N-methyl/N-ethyl adjacent to an activating group) is 1. The Morgan fingerprint density at radius 1 is 1.29 bits per heavy atom. The lowest BCUT2D eigenvalue weighted by atomic mass is 10.2. The molecule has 0 unspecified atom stereocenters. The minimum atomic E-state index is 0.0664. The summed E-state index contributed by atoms with van der Waals surface area (Å²) in [5, 5.41) is 0.575. The lowest BCUT2D eigenvalue weighted by Gasteiger charge is -2.35. The van der Waals surface area contributed by atoms with E-state index in [-0.39, 0.29) is 5.91 Å². The molecule has 0 saturated carbocycles. The molecule has 0 bridgehead atoms. The molecule has 1 aliphatic rings. The summed E-state index contributed by atoms with van der Waals surface area (Å²) in [4.78, 5) is 19.0. The first-order valence-corrected chi connectivity index (χ1v) is 8.26.